The molecule has 1 heterocycles. The molecule has 0 saturated heterocycles. The van der Waals surface area contributed by atoms with Gasteiger partial charge in [-0.3, -0.25) is 0 Å². The Kier molecular flexibility index (Phi) is 0.968. The fraction of sp³-hybridized carbons (Fsp3) is 0.250. The summed E-state index contributed by atoms with van der Waals surface area (Å²) < 4.78 is 0. The second-order valence-electron chi connectivity index (χ2n) is 1.51. The molecule has 1 aromatic rings. The minimum atomic E-state index is 0.322. The average Bonchev–Trinajstić information content (AvgIpc) is 2.14. The van der Waals surface area contributed by atoms with Crippen molar-refractivity contribution < 1.29 is 0 Å². The number of aryl methyl sites for hydroxylation is 1. The minimum absolute atomic E-state index is 0.322. The topological polar surface area (TPSA) is 56.8 Å². The van der Waals surface area contributed by atoms with Gasteiger partial charge < -0.3 is 0 Å². The minimum Gasteiger partial charge on any atom is -0.189 e. The Morgan fingerprint density at radius 3 is 2.88 bits per heavy atom. The number of aromatic amines is 1. The highest BCUT2D eigenvalue weighted by Crippen LogP contribution is 2.05. The molecule has 0 atom stereocenters. The van der Waals surface area contributed by atoms with Crippen molar-refractivity contribution in [2.24, 2.45) is 0 Å². The van der Waals surface area contributed by atoms with Crippen LogP contribution in [0.15, 0.2) is 6.07 Å². The molecule has 0 fully saturated rings. The summed E-state index contributed by atoms with van der Waals surface area (Å²) in [4.78, 5) is 2.85. The molecule has 0 unspecified atom stereocenters. The van der Waals surface area contributed by atoms with E-state index in [0.717, 1.165) is 5.69 Å². The van der Waals surface area contributed by atoms with E-state index in [4.69, 9.17) is 5.39 Å². The molecule has 40 valence electrons. The first-order chi connectivity index (χ1) is 3.83. The van der Waals surface area contributed by atoms with Crippen molar-refractivity contribution in [1.29, 1.82) is 5.39 Å². The second kappa shape index (κ2) is 1.62. The van der Waals surface area contributed by atoms with Crippen molar-refractivity contribution in [2.45, 2.75) is 6.92 Å². The molecule has 1 N–H and O–H groups in total. The smallest absolute Gasteiger partial charge is 0.189 e. The number of aromatic nitrogens is 2. The maximum absolute atomic E-state index is 8.09. The van der Waals surface area contributed by atoms with E-state index < -0.39 is 0 Å². The van der Waals surface area contributed by atoms with Gasteiger partial charge in [-0.2, -0.15) is 5.10 Å². The summed E-state index contributed by atoms with van der Waals surface area (Å²) in [6.45, 7) is 1.84. The maximum Gasteiger partial charge on any atom is 0.487 e. The highest BCUT2D eigenvalue weighted by molar-refractivity contribution is 5.34. The molecule has 1 rings (SSSR count). The lowest BCUT2D eigenvalue weighted by molar-refractivity contribution is 1.05. The number of hydrogen-bond acceptors (Lipinski definition) is 2. The zero-order chi connectivity index (χ0) is 5.98. The van der Waals surface area contributed by atoms with Gasteiger partial charge in [-0.15, -0.1) is 0 Å². The van der Waals surface area contributed by atoms with Crippen LogP contribution < -0.4 is 0 Å². The van der Waals surface area contributed by atoms with Crippen molar-refractivity contribution in [2.75, 3.05) is 0 Å². The number of hydrogen-bond donors (Lipinski definition) is 1. The Bertz CT molecular complexity index is 218. The van der Waals surface area contributed by atoms with Crippen LogP contribution in [-0.2, 0) is 0 Å². The number of nitrogens with one attached hydrogen (secondary N) is 1. The van der Waals surface area contributed by atoms with E-state index in [0.29, 0.717) is 5.82 Å². The van der Waals surface area contributed by atoms with E-state index in [1.165, 1.54) is 0 Å². The molecule has 0 aliphatic carbocycles. The van der Waals surface area contributed by atoms with Gasteiger partial charge in [0.2, 0.25) is 0 Å². The van der Waals surface area contributed by atoms with E-state index in [9.17, 15) is 0 Å². The summed E-state index contributed by atoms with van der Waals surface area (Å²) >= 11 is 0. The summed E-state index contributed by atoms with van der Waals surface area (Å²) in [5.41, 5.74) is 0.887. The lowest BCUT2D eigenvalue weighted by Gasteiger charge is -1.62. The van der Waals surface area contributed by atoms with Crippen LogP contribution >= 0.6 is 0 Å². The third-order valence-electron chi connectivity index (χ3n) is 0.795. The van der Waals surface area contributed by atoms with Crippen LogP contribution in [0.25, 0.3) is 4.98 Å². The number of diazo groups is 1. The van der Waals surface area contributed by atoms with E-state index in [1.54, 1.807) is 6.07 Å². The van der Waals surface area contributed by atoms with Gasteiger partial charge in [0.1, 0.15) is 0 Å². The first-order valence-corrected chi connectivity index (χ1v) is 2.20. The molecule has 0 amide bonds. The monoisotopic (exact) mass is 109 g/mol. The van der Waals surface area contributed by atoms with Crippen molar-refractivity contribution in [3.05, 3.63) is 16.7 Å². The van der Waals surface area contributed by atoms with Gasteiger partial charge in [-0.25, -0.2) is 0 Å². The van der Waals surface area contributed by atoms with E-state index >= 15 is 0 Å². The van der Waals surface area contributed by atoms with Crippen LogP contribution in [-0.4, -0.2) is 10.2 Å². The molecule has 1 aromatic heterocycles. The van der Waals surface area contributed by atoms with Crippen LogP contribution in [0.2, 0.25) is 0 Å². The number of H-pyrrole nitrogens is 1. The van der Waals surface area contributed by atoms with Gasteiger partial charge in [-0.1, -0.05) is 0 Å². The van der Waals surface area contributed by atoms with Crippen molar-refractivity contribution >= 4 is 5.82 Å². The Balaban J connectivity index is 3.05. The summed E-state index contributed by atoms with van der Waals surface area (Å²) in [7, 11) is 0. The van der Waals surface area contributed by atoms with Gasteiger partial charge in [0, 0.05) is 4.98 Å². The van der Waals surface area contributed by atoms with Crippen LogP contribution in [0.4, 0.5) is 5.82 Å². The summed E-state index contributed by atoms with van der Waals surface area (Å²) in [6.07, 6.45) is 0. The Labute approximate surface area is 46.2 Å². The molecule has 0 aliphatic heterocycles. The molecule has 0 radical (unpaired) electrons. The van der Waals surface area contributed by atoms with E-state index in [1.807, 2.05) is 6.92 Å². The summed E-state index contributed by atoms with van der Waals surface area (Å²) in [6, 6.07) is 1.64. The molecule has 0 bridgehead atoms. The number of rotatable bonds is 0. The van der Waals surface area contributed by atoms with Crippen LogP contribution in [0, 0.1) is 12.3 Å². The molecular formula is C4H5N4+. The first kappa shape index (κ1) is 4.78. The molecule has 0 aliphatic rings. The molecule has 0 saturated carbocycles. The molecule has 0 spiro atoms. The highest BCUT2D eigenvalue weighted by Gasteiger charge is 2.05. The van der Waals surface area contributed by atoms with Crippen molar-refractivity contribution in [3.63, 3.8) is 0 Å². The van der Waals surface area contributed by atoms with Crippen molar-refractivity contribution in [1.82, 2.24) is 10.2 Å². The van der Waals surface area contributed by atoms with Gasteiger partial charge in [0.25, 0.3) is 0 Å². The quantitative estimate of drug-likeness (QED) is 0.509. The predicted octanol–water partition coefficient (Wildman–Crippen LogP) is 1.20. The SMILES string of the molecule is Cc1cc([N+]#N)n[nH]1. The molecule has 0 aromatic carbocycles. The van der Waals surface area contributed by atoms with E-state index in [2.05, 4.69) is 15.2 Å². The Hall–Kier alpha value is -1.37. The molecule has 4 nitrogen and oxygen atoms in total. The standard InChI is InChI=1S/C4H5N4/c1-3-2-4(6-5)8-7-3/h2H,1H3,(H,7,8)/q+1. The lowest BCUT2D eigenvalue weighted by atomic mass is 10.5. The van der Waals surface area contributed by atoms with Gasteiger partial charge >= 0.3 is 5.82 Å². The zero-order valence-electron chi connectivity index (χ0n) is 4.42. The normalized spacial score (nSPS) is 8.50. The van der Waals surface area contributed by atoms with Gasteiger partial charge in [0.05, 0.1) is 22.3 Å². The molecular weight excluding hydrogens is 104 g/mol. The lowest BCUT2D eigenvalue weighted by Crippen LogP contribution is -1.65. The number of nitrogens with zero attached hydrogens (tertiary/aromatic N) is 3. The van der Waals surface area contributed by atoms with Crippen LogP contribution in [0.3, 0.4) is 0 Å². The maximum atomic E-state index is 8.09. The fourth-order valence-corrected chi connectivity index (χ4v) is 0.455. The molecule has 4 heteroatoms. The van der Waals surface area contributed by atoms with E-state index in [-0.39, 0.29) is 0 Å². The van der Waals surface area contributed by atoms with Crippen molar-refractivity contribution in [3.8, 4) is 0 Å². The largest absolute Gasteiger partial charge is 0.487 e. The van der Waals surface area contributed by atoms with Crippen LogP contribution in [0.5, 0.6) is 0 Å². The summed E-state index contributed by atoms with van der Waals surface area (Å²) in [5.74, 6) is 0.322. The van der Waals surface area contributed by atoms with Gasteiger partial charge in [-0.05, 0) is 6.92 Å². The third-order valence-corrected chi connectivity index (χ3v) is 0.795. The predicted molar refractivity (Wildman–Crippen MR) is 28.1 cm³/mol. The third kappa shape index (κ3) is 0.658. The Morgan fingerprint density at radius 2 is 2.62 bits per heavy atom. The summed E-state index contributed by atoms with van der Waals surface area (Å²) in [5, 5.41) is 14.3. The first-order valence-electron chi connectivity index (χ1n) is 2.20. The fourth-order valence-electron chi connectivity index (χ4n) is 0.455. The average molecular weight is 109 g/mol. The van der Waals surface area contributed by atoms with Crippen LogP contribution in [0.1, 0.15) is 5.69 Å². The van der Waals surface area contributed by atoms with Gasteiger partial charge in [0.15, 0.2) is 0 Å². The molecule has 8 heavy (non-hydrogen) atoms. The second-order valence-corrected chi connectivity index (χ2v) is 1.51. The zero-order valence-corrected chi connectivity index (χ0v) is 4.42. The highest BCUT2D eigenvalue weighted by atomic mass is 15.2. The Morgan fingerprint density at radius 1 is 1.88 bits per heavy atom.